The van der Waals surface area contributed by atoms with Crippen molar-refractivity contribution in [1.29, 1.82) is 0 Å². The number of hydrogen-bond acceptors (Lipinski definition) is 3. The lowest BCUT2D eigenvalue weighted by molar-refractivity contribution is -0.121. The smallest absolute Gasteiger partial charge is 0.261 e. The van der Waals surface area contributed by atoms with Gasteiger partial charge in [-0.3, -0.25) is 9.59 Å². The lowest BCUT2D eigenvalue weighted by atomic mass is 9.93. The molecule has 26 heavy (non-hydrogen) atoms. The molecule has 1 aromatic carbocycles. The summed E-state index contributed by atoms with van der Waals surface area (Å²) in [6.45, 7) is 8.55. The Morgan fingerprint density at radius 3 is 2.27 bits per heavy atom. The fourth-order valence-electron chi connectivity index (χ4n) is 2.85. The molecular formula is C21H28N2O2S. The SMILES string of the molecule is CC(C)Cc1ccc(C(NC(=O)CNC(=O)c2cccs2)C(C)C)cc1. The number of carbonyl (C=O) groups excluding carboxylic acids is 2. The maximum Gasteiger partial charge on any atom is 0.261 e. The molecule has 2 aromatic rings. The van der Waals surface area contributed by atoms with Crippen LogP contribution in [0.25, 0.3) is 0 Å². The van der Waals surface area contributed by atoms with Crippen LogP contribution in [0.4, 0.5) is 0 Å². The van der Waals surface area contributed by atoms with Crippen molar-refractivity contribution >= 4 is 23.2 Å². The number of benzene rings is 1. The molecule has 0 bridgehead atoms. The largest absolute Gasteiger partial charge is 0.348 e. The molecule has 0 saturated carbocycles. The topological polar surface area (TPSA) is 58.2 Å². The van der Waals surface area contributed by atoms with Gasteiger partial charge in [0.15, 0.2) is 0 Å². The number of rotatable bonds is 8. The lowest BCUT2D eigenvalue weighted by Crippen LogP contribution is -2.39. The predicted octanol–water partition coefficient (Wildman–Crippen LogP) is 4.19. The zero-order valence-corrected chi connectivity index (χ0v) is 16.7. The molecule has 1 unspecified atom stereocenters. The number of thiophene rings is 1. The zero-order chi connectivity index (χ0) is 19.1. The van der Waals surface area contributed by atoms with Crippen molar-refractivity contribution in [2.24, 2.45) is 11.8 Å². The van der Waals surface area contributed by atoms with Crippen LogP contribution in [0.3, 0.4) is 0 Å². The average Bonchev–Trinajstić information content (AvgIpc) is 3.12. The molecule has 140 valence electrons. The van der Waals surface area contributed by atoms with Gasteiger partial charge in [0.1, 0.15) is 0 Å². The van der Waals surface area contributed by atoms with Gasteiger partial charge in [0.05, 0.1) is 17.5 Å². The van der Waals surface area contributed by atoms with Crippen molar-refractivity contribution in [2.45, 2.75) is 40.2 Å². The molecule has 4 nitrogen and oxygen atoms in total. The Labute approximate surface area is 160 Å². The van der Waals surface area contributed by atoms with Gasteiger partial charge in [-0.05, 0) is 40.8 Å². The summed E-state index contributed by atoms with van der Waals surface area (Å²) >= 11 is 1.36. The van der Waals surface area contributed by atoms with Crippen molar-refractivity contribution in [1.82, 2.24) is 10.6 Å². The van der Waals surface area contributed by atoms with E-state index in [4.69, 9.17) is 0 Å². The molecular weight excluding hydrogens is 344 g/mol. The van der Waals surface area contributed by atoms with Crippen LogP contribution in [0, 0.1) is 11.8 Å². The van der Waals surface area contributed by atoms with Gasteiger partial charge in [-0.15, -0.1) is 11.3 Å². The number of carbonyl (C=O) groups is 2. The van der Waals surface area contributed by atoms with Gasteiger partial charge in [0.2, 0.25) is 5.91 Å². The summed E-state index contributed by atoms with van der Waals surface area (Å²) in [7, 11) is 0. The molecule has 2 rings (SSSR count). The highest BCUT2D eigenvalue weighted by atomic mass is 32.1. The molecule has 0 aliphatic carbocycles. The van der Waals surface area contributed by atoms with Gasteiger partial charge in [-0.2, -0.15) is 0 Å². The maximum absolute atomic E-state index is 12.3. The molecule has 1 aromatic heterocycles. The third-order valence-corrected chi connectivity index (χ3v) is 4.99. The van der Waals surface area contributed by atoms with Crippen LogP contribution in [0.2, 0.25) is 0 Å². The normalized spacial score (nSPS) is 12.2. The van der Waals surface area contributed by atoms with Crippen molar-refractivity contribution in [3.05, 3.63) is 57.8 Å². The van der Waals surface area contributed by atoms with Crippen molar-refractivity contribution in [3.8, 4) is 0 Å². The second-order valence-corrected chi connectivity index (χ2v) is 8.24. The van der Waals surface area contributed by atoms with Gasteiger partial charge < -0.3 is 10.6 Å². The highest BCUT2D eigenvalue weighted by molar-refractivity contribution is 7.12. The van der Waals surface area contributed by atoms with E-state index in [-0.39, 0.29) is 30.3 Å². The summed E-state index contributed by atoms with van der Waals surface area (Å²) in [6.07, 6.45) is 1.05. The van der Waals surface area contributed by atoms with Gasteiger partial charge in [-0.1, -0.05) is 58.0 Å². The third kappa shape index (κ3) is 5.99. The third-order valence-electron chi connectivity index (χ3n) is 4.12. The van der Waals surface area contributed by atoms with E-state index in [0.29, 0.717) is 10.8 Å². The van der Waals surface area contributed by atoms with E-state index >= 15 is 0 Å². The molecule has 0 saturated heterocycles. The first-order valence-corrected chi connectivity index (χ1v) is 9.94. The molecule has 0 fully saturated rings. The Balaban J connectivity index is 1.94. The molecule has 0 radical (unpaired) electrons. The van der Waals surface area contributed by atoms with Gasteiger partial charge in [0.25, 0.3) is 5.91 Å². The fraction of sp³-hybridized carbons (Fsp3) is 0.429. The van der Waals surface area contributed by atoms with Gasteiger partial charge in [-0.25, -0.2) is 0 Å². The van der Waals surface area contributed by atoms with Crippen molar-refractivity contribution < 1.29 is 9.59 Å². The summed E-state index contributed by atoms with van der Waals surface area (Å²) in [5.74, 6) is 0.477. The van der Waals surface area contributed by atoms with Crippen LogP contribution >= 0.6 is 11.3 Å². The number of nitrogens with one attached hydrogen (secondary N) is 2. The Hall–Kier alpha value is -2.14. The molecule has 0 aliphatic heterocycles. The van der Waals surface area contributed by atoms with Gasteiger partial charge in [0, 0.05) is 0 Å². The van der Waals surface area contributed by atoms with Crippen LogP contribution in [0.1, 0.15) is 54.5 Å². The minimum atomic E-state index is -0.214. The molecule has 5 heteroatoms. The lowest BCUT2D eigenvalue weighted by Gasteiger charge is -2.23. The summed E-state index contributed by atoms with van der Waals surface area (Å²) in [5, 5.41) is 7.55. The summed E-state index contributed by atoms with van der Waals surface area (Å²) in [5.41, 5.74) is 2.39. The summed E-state index contributed by atoms with van der Waals surface area (Å²) < 4.78 is 0. The second kappa shape index (κ2) is 9.53. The molecule has 1 atom stereocenters. The van der Waals surface area contributed by atoms with Crippen LogP contribution in [-0.2, 0) is 11.2 Å². The van der Waals surface area contributed by atoms with E-state index in [1.807, 2.05) is 11.4 Å². The van der Waals surface area contributed by atoms with Crippen LogP contribution < -0.4 is 10.6 Å². The van der Waals surface area contributed by atoms with E-state index in [1.165, 1.54) is 16.9 Å². The number of amides is 2. The minimum absolute atomic E-state index is 0.0224. The Morgan fingerprint density at radius 1 is 1.04 bits per heavy atom. The monoisotopic (exact) mass is 372 g/mol. The first-order valence-electron chi connectivity index (χ1n) is 9.06. The van der Waals surface area contributed by atoms with Crippen LogP contribution in [-0.4, -0.2) is 18.4 Å². The standard InChI is InChI=1S/C21H28N2O2S/c1-14(2)12-16-7-9-17(10-8-16)20(15(3)4)23-19(24)13-22-21(25)18-6-5-11-26-18/h5-11,14-15,20H,12-13H2,1-4H3,(H,22,25)(H,23,24). The first kappa shape index (κ1) is 20.2. The predicted molar refractivity (Wildman–Crippen MR) is 107 cm³/mol. The van der Waals surface area contributed by atoms with Crippen LogP contribution in [0.15, 0.2) is 41.8 Å². The molecule has 0 spiro atoms. The highest BCUT2D eigenvalue weighted by Crippen LogP contribution is 2.22. The second-order valence-electron chi connectivity index (χ2n) is 7.29. The van der Waals surface area contributed by atoms with Gasteiger partial charge >= 0.3 is 0 Å². The summed E-state index contributed by atoms with van der Waals surface area (Å²) in [4.78, 5) is 24.9. The molecule has 2 amide bonds. The van der Waals surface area contributed by atoms with Crippen molar-refractivity contribution in [2.75, 3.05) is 6.54 Å². The van der Waals surface area contributed by atoms with Crippen LogP contribution in [0.5, 0.6) is 0 Å². The van der Waals surface area contributed by atoms with E-state index in [9.17, 15) is 9.59 Å². The fourth-order valence-corrected chi connectivity index (χ4v) is 3.49. The Bertz CT molecular complexity index is 706. The maximum atomic E-state index is 12.3. The Morgan fingerprint density at radius 2 is 1.73 bits per heavy atom. The van der Waals surface area contributed by atoms with E-state index in [0.717, 1.165) is 12.0 Å². The average molecular weight is 373 g/mol. The summed E-state index contributed by atoms with van der Waals surface area (Å²) in [6, 6.07) is 11.9. The number of hydrogen-bond donors (Lipinski definition) is 2. The van der Waals surface area contributed by atoms with E-state index in [1.54, 1.807) is 6.07 Å². The quantitative estimate of drug-likeness (QED) is 0.730. The zero-order valence-electron chi connectivity index (χ0n) is 15.9. The molecule has 1 heterocycles. The van der Waals surface area contributed by atoms with Crippen molar-refractivity contribution in [3.63, 3.8) is 0 Å². The first-order chi connectivity index (χ1) is 12.4. The van der Waals surface area contributed by atoms with E-state index in [2.05, 4.69) is 62.6 Å². The molecule has 2 N–H and O–H groups in total. The van der Waals surface area contributed by atoms with E-state index < -0.39 is 0 Å². The Kier molecular flexibility index (Phi) is 7.39. The minimum Gasteiger partial charge on any atom is -0.348 e. The molecule has 0 aliphatic rings. The highest BCUT2D eigenvalue weighted by Gasteiger charge is 2.19.